The lowest BCUT2D eigenvalue weighted by molar-refractivity contribution is -0.234. The first-order valence-electron chi connectivity index (χ1n) is 2.88. The highest BCUT2D eigenvalue weighted by atomic mass is 79.9. The van der Waals surface area contributed by atoms with Gasteiger partial charge in [0.1, 0.15) is 0 Å². The molecular weight excluding hydrogens is 248 g/mol. The first-order chi connectivity index (χ1) is 5.29. The molecule has 0 aromatic carbocycles. The summed E-state index contributed by atoms with van der Waals surface area (Å²) < 4.78 is 51.8. The zero-order valence-corrected chi connectivity index (χ0v) is 7.50. The summed E-state index contributed by atoms with van der Waals surface area (Å²) in [6.45, 7) is 0.900. The Morgan fingerprint density at radius 2 is 1.83 bits per heavy atom. The summed E-state index contributed by atoms with van der Waals surface area (Å²) in [6, 6.07) is 0. The van der Waals surface area contributed by atoms with Crippen molar-refractivity contribution in [2.75, 3.05) is 0 Å². The first-order valence-corrected chi connectivity index (χ1v) is 3.53. The molecule has 72 valence electrons. The maximum atomic E-state index is 12.8. The minimum atomic E-state index is -5.24. The zero-order chi connectivity index (χ0) is 9.99. The van der Waals surface area contributed by atoms with Gasteiger partial charge in [-0.3, -0.25) is 0 Å². The second-order valence-electron chi connectivity index (χ2n) is 2.02. The fraction of sp³-hybridized carbons (Fsp3) is 0.800. The van der Waals surface area contributed by atoms with Crippen LogP contribution in [-0.4, -0.2) is 17.8 Å². The number of hydrogen-bond acceptors (Lipinski definition) is 2. The molecular formula is C5H5BrF4O2. The Morgan fingerprint density at radius 1 is 1.42 bits per heavy atom. The normalized spacial score (nSPS) is 16.8. The minimum Gasteiger partial charge on any atom is -0.381 e. The lowest BCUT2D eigenvalue weighted by Gasteiger charge is -2.22. The average molecular weight is 253 g/mol. The summed E-state index contributed by atoms with van der Waals surface area (Å²) in [6.07, 6.45) is -6.26. The van der Waals surface area contributed by atoms with Gasteiger partial charge in [0.2, 0.25) is 0 Å². The summed E-state index contributed by atoms with van der Waals surface area (Å²) in [5, 5.41) is 0. The third kappa shape index (κ3) is 1.88. The summed E-state index contributed by atoms with van der Waals surface area (Å²) in [5.74, 6) is -1.99. The molecule has 0 aromatic heterocycles. The number of carbonyl (C=O) groups excluding carboxylic acids is 1. The predicted molar refractivity (Wildman–Crippen MR) is 35.2 cm³/mol. The van der Waals surface area contributed by atoms with Crippen molar-refractivity contribution in [3.05, 3.63) is 0 Å². The highest BCUT2D eigenvalue weighted by molar-refractivity contribution is 9.06. The summed E-state index contributed by atoms with van der Waals surface area (Å²) in [5.41, 5.74) is -3.92. The molecule has 0 aliphatic rings. The summed E-state index contributed by atoms with van der Waals surface area (Å²) >= 11 is 1.99. The highest BCUT2D eigenvalue weighted by Crippen LogP contribution is 2.37. The molecule has 0 radical (unpaired) electrons. The number of alkyl halides is 4. The Hall–Kier alpha value is -0.330. The fourth-order valence-corrected chi connectivity index (χ4v) is 0.778. The van der Waals surface area contributed by atoms with Crippen LogP contribution in [0.5, 0.6) is 0 Å². The van der Waals surface area contributed by atoms with Crippen LogP contribution in [0.1, 0.15) is 13.3 Å². The molecule has 0 aliphatic heterocycles. The Kier molecular flexibility index (Phi) is 3.49. The number of rotatable bonds is 2. The average Bonchev–Trinajstić information content (AvgIpc) is 1.99. The van der Waals surface area contributed by atoms with E-state index < -0.39 is 24.2 Å². The van der Waals surface area contributed by atoms with Gasteiger partial charge in [-0.15, -0.1) is 0 Å². The van der Waals surface area contributed by atoms with Crippen molar-refractivity contribution in [3.8, 4) is 0 Å². The molecule has 0 aliphatic carbocycles. The van der Waals surface area contributed by atoms with Gasteiger partial charge < -0.3 is 3.83 Å². The van der Waals surface area contributed by atoms with Crippen LogP contribution < -0.4 is 0 Å². The second kappa shape index (κ2) is 3.59. The van der Waals surface area contributed by atoms with E-state index in [0.717, 1.165) is 6.92 Å². The zero-order valence-electron chi connectivity index (χ0n) is 5.91. The Balaban J connectivity index is 4.80. The molecule has 0 rings (SSSR count). The van der Waals surface area contributed by atoms with Gasteiger partial charge in [-0.1, -0.05) is 6.92 Å². The molecule has 1 atom stereocenters. The standard InChI is InChI=1S/C5H5BrF4O2/c1-2-4(7,3(11)12-6)5(8,9)10/h2H2,1H3. The van der Waals surface area contributed by atoms with Gasteiger partial charge in [-0.2, -0.15) is 13.2 Å². The molecule has 12 heavy (non-hydrogen) atoms. The van der Waals surface area contributed by atoms with E-state index >= 15 is 0 Å². The maximum absolute atomic E-state index is 12.8. The molecule has 0 heterocycles. The lowest BCUT2D eigenvalue weighted by Crippen LogP contribution is -2.47. The number of hydrogen-bond donors (Lipinski definition) is 0. The number of carbonyl (C=O) groups is 1. The van der Waals surface area contributed by atoms with Gasteiger partial charge in [0.05, 0.1) is 0 Å². The van der Waals surface area contributed by atoms with Gasteiger partial charge in [-0.25, -0.2) is 9.18 Å². The number of halogens is 5. The minimum absolute atomic E-state index is 0.900. The Bertz CT molecular complexity index is 181. The molecule has 1 unspecified atom stereocenters. The molecule has 0 fully saturated rings. The van der Waals surface area contributed by atoms with Crippen molar-refractivity contribution >= 4 is 22.2 Å². The lowest BCUT2D eigenvalue weighted by atomic mass is 10.0. The van der Waals surface area contributed by atoms with E-state index in [4.69, 9.17) is 0 Å². The third-order valence-corrected chi connectivity index (χ3v) is 1.62. The van der Waals surface area contributed by atoms with Crippen molar-refractivity contribution < 1.29 is 26.2 Å². The van der Waals surface area contributed by atoms with Crippen molar-refractivity contribution in [2.24, 2.45) is 0 Å². The van der Waals surface area contributed by atoms with E-state index in [1.807, 2.05) is 16.3 Å². The third-order valence-electron chi connectivity index (χ3n) is 1.33. The molecule has 0 aromatic rings. The van der Waals surface area contributed by atoms with Crippen molar-refractivity contribution in [1.82, 2.24) is 0 Å². The highest BCUT2D eigenvalue weighted by Gasteiger charge is 2.61. The SMILES string of the molecule is CCC(F)(C(=O)OBr)C(F)(F)F. The largest absolute Gasteiger partial charge is 0.433 e. The van der Waals surface area contributed by atoms with Crippen LogP contribution in [0.4, 0.5) is 17.6 Å². The van der Waals surface area contributed by atoms with Crippen LogP contribution in [-0.2, 0) is 8.62 Å². The molecule has 0 amide bonds. The molecule has 0 N–H and O–H groups in total. The molecule has 0 saturated carbocycles. The van der Waals surface area contributed by atoms with Gasteiger partial charge in [-0.05, 0) is 6.42 Å². The monoisotopic (exact) mass is 252 g/mol. The van der Waals surface area contributed by atoms with E-state index in [2.05, 4.69) is 3.83 Å². The maximum Gasteiger partial charge on any atom is 0.433 e. The van der Waals surface area contributed by atoms with Crippen molar-refractivity contribution in [2.45, 2.75) is 25.2 Å². The molecule has 2 nitrogen and oxygen atoms in total. The van der Waals surface area contributed by atoms with E-state index in [-0.39, 0.29) is 0 Å². The van der Waals surface area contributed by atoms with Gasteiger partial charge in [0, 0.05) is 0 Å². The van der Waals surface area contributed by atoms with E-state index in [1.54, 1.807) is 0 Å². The second-order valence-corrected chi connectivity index (χ2v) is 2.34. The summed E-state index contributed by atoms with van der Waals surface area (Å²) in [4.78, 5) is 10.3. The Labute approximate surface area is 74.3 Å². The first kappa shape index (κ1) is 11.7. The predicted octanol–water partition coefficient (Wildman–Crippen LogP) is 2.52. The van der Waals surface area contributed by atoms with Gasteiger partial charge in [0.25, 0.3) is 0 Å². The van der Waals surface area contributed by atoms with Crippen LogP contribution in [0, 0.1) is 0 Å². The van der Waals surface area contributed by atoms with Crippen LogP contribution in [0.15, 0.2) is 0 Å². The van der Waals surface area contributed by atoms with E-state index in [1.165, 1.54) is 0 Å². The van der Waals surface area contributed by atoms with Gasteiger partial charge >= 0.3 is 17.8 Å². The van der Waals surface area contributed by atoms with Crippen molar-refractivity contribution in [1.29, 1.82) is 0 Å². The smallest absolute Gasteiger partial charge is 0.381 e. The molecule has 0 bridgehead atoms. The molecule has 0 saturated heterocycles. The van der Waals surface area contributed by atoms with Crippen LogP contribution in [0.3, 0.4) is 0 Å². The van der Waals surface area contributed by atoms with Crippen LogP contribution in [0.25, 0.3) is 0 Å². The van der Waals surface area contributed by atoms with Gasteiger partial charge in [0.15, 0.2) is 16.3 Å². The quantitative estimate of drug-likeness (QED) is 0.707. The Morgan fingerprint density at radius 3 is 1.92 bits per heavy atom. The van der Waals surface area contributed by atoms with Crippen LogP contribution >= 0.6 is 16.3 Å². The van der Waals surface area contributed by atoms with Crippen LogP contribution in [0.2, 0.25) is 0 Å². The van der Waals surface area contributed by atoms with E-state index in [0.29, 0.717) is 0 Å². The fourth-order valence-electron chi connectivity index (χ4n) is 0.522. The molecule has 0 spiro atoms. The molecule has 7 heteroatoms. The summed E-state index contributed by atoms with van der Waals surface area (Å²) in [7, 11) is 0. The van der Waals surface area contributed by atoms with E-state index in [9.17, 15) is 22.4 Å². The van der Waals surface area contributed by atoms with Crippen molar-refractivity contribution in [3.63, 3.8) is 0 Å². The topological polar surface area (TPSA) is 26.3 Å².